The average Bonchev–Trinajstić information content (AvgIpc) is 2.62. The molecular formula is C18H23BrF2N4O3. The van der Waals surface area contributed by atoms with Crippen LogP contribution < -0.4 is 10.6 Å². The van der Waals surface area contributed by atoms with Crippen molar-refractivity contribution in [1.82, 2.24) is 10.2 Å². The second kappa shape index (κ2) is 8.28. The minimum atomic E-state index is -2.87. The lowest BCUT2D eigenvalue weighted by Crippen LogP contribution is -2.53. The Labute approximate surface area is 170 Å². The summed E-state index contributed by atoms with van der Waals surface area (Å²) in [5.41, 5.74) is 1.12. The van der Waals surface area contributed by atoms with E-state index in [9.17, 15) is 23.7 Å². The quantitative estimate of drug-likeness (QED) is 0.531. The molecule has 0 radical (unpaired) electrons. The second-order valence-corrected chi connectivity index (χ2v) is 8.45. The highest BCUT2D eigenvalue weighted by Gasteiger charge is 2.41. The molecule has 0 saturated carbocycles. The Hall–Kier alpha value is -1.81. The topological polar surface area (TPSA) is 87.5 Å². The number of nitrogens with one attached hydrogen (secondary N) is 2. The normalized spacial score (nSPS) is 24.6. The van der Waals surface area contributed by atoms with Crippen LogP contribution in [0.2, 0.25) is 0 Å². The maximum absolute atomic E-state index is 13.6. The second-order valence-electron chi connectivity index (χ2n) is 7.53. The number of alkyl halides is 2. The predicted molar refractivity (Wildman–Crippen MR) is 105 cm³/mol. The molecule has 2 heterocycles. The summed E-state index contributed by atoms with van der Waals surface area (Å²) < 4.78 is 27.9. The third kappa shape index (κ3) is 4.78. The summed E-state index contributed by atoms with van der Waals surface area (Å²) in [7, 11) is 0. The van der Waals surface area contributed by atoms with Gasteiger partial charge in [0.2, 0.25) is 5.91 Å². The van der Waals surface area contributed by atoms with Gasteiger partial charge in [0, 0.05) is 42.6 Å². The van der Waals surface area contributed by atoms with E-state index >= 15 is 0 Å². The highest BCUT2D eigenvalue weighted by Crippen LogP contribution is 2.34. The van der Waals surface area contributed by atoms with Gasteiger partial charge in [0.05, 0.1) is 17.4 Å². The first kappa shape index (κ1) is 20.9. The van der Waals surface area contributed by atoms with Crippen molar-refractivity contribution in [2.75, 3.05) is 31.5 Å². The molecule has 1 aromatic carbocycles. The molecule has 1 aromatic rings. The summed E-state index contributed by atoms with van der Waals surface area (Å²) in [6, 6.07) is 3.06. The van der Waals surface area contributed by atoms with Crippen molar-refractivity contribution in [3.8, 4) is 0 Å². The Bertz CT molecular complexity index is 777. The lowest BCUT2D eigenvalue weighted by Gasteiger charge is -2.38. The zero-order chi connectivity index (χ0) is 20.5. The van der Waals surface area contributed by atoms with E-state index in [1.165, 1.54) is 6.07 Å². The van der Waals surface area contributed by atoms with Gasteiger partial charge in [-0.15, -0.1) is 0 Å². The minimum Gasteiger partial charge on any atom is -0.375 e. The number of nitro groups is 1. The van der Waals surface area contributed by atoms with E-state index in [1.54, 1.807) is 17.9 Å². The Balaban J connectivity index is 1.71. The number of likely N-dealkylation sites (tertiary alicyclic amines) is 1. The van der Waals surface area contributed by atoms with Crippen molar-refractivity contribution in [2.24, 2.45) is 5.92 Å². The zero-order valence-corrected chi connectivity index (χ0v) is 17.1. The lowest BCUT2D eigenvalue weighted by molar-refractivity contribution is -0.384. The van der Waals surface area contributed by atoms with Crippen molar-refractivity contribution >= 4 is 33.2 Å². The number of carbonyl (C=O) groups is 1. The van der Waals surface area contributed by atoms with Crippen molar-refractivity contribution < 1.29 is 18.5 Å². The first-order valence-corrected chi connectivity index (χ1v) is 10.0. The third-order valence-electron chi connectivity index (χ3n) is 5.23. The monoisotopic (exact) mass is 460 g/mol. The van der Waals surface area contributed by atoms with Gasteiger partial charge in [0.15, 0.2) is 0 Å². The highest BCUT2D eigenvalue weighted by atomic mass is 79.9. The Kier molecular flexibility index (Phi) is 6.18. The van der Waals surface area contributed by atoms with Crippen LogP contribution >= 0.6 is 15.9 Å². The zero-order valence-electron chi connectivity index (χ0n) is 15.5. The molecule has 0 aromatic heterocycles. The number of hydrogen-bond acceptors (Lipinski definition) is 5. The van der Waals surface area contributed by atoms with Gasteiger partial charge in [-0.1, -0.05) is 15.9 Å². The molecule has 2 fully saturated rings. The number of hydrogen-bond donors (Lipinski definition) is 2. The van der Waals surface area contributed by atoms with Crippen molar-refractivity contribution in [3.63, 3.8) is 0 Å². The SMILES string of the molecule is Cc1cc(Br)cc([N+](=O)[O-])c1NC1CCCN(C(=O)C2CNCC(F)(F)C2)C1. The van der Waals surface area contributed by atoms with Crippen molar-refractivity contribution in [3.05, 3.63) is 32.3 Å². The molecule has 0 bridgehead atoms. The van der Waals surface area contributed by atoms with Gasteiger partial charge < -0.3 is 15.5 Å². The number of nitrogens with zero attached hydrogens (tertiary/aromatic N) is 2. The molecule has 2 N–H and O–H groups in total. The summed E-state index contributed by atoms with van der Waals surface area (Å²) in [6.45, 7) is 2.49. The number of benzene rings is 1. The molecule has 0 spiro atoms. The Morgan fingerprint density at radius 2 is 2.21 bits per heavy atom. The standard InChI is InChI=1S/C18H23BrF2N4O3/c1-11-5-13(19)6-15(25(27)28)16(11)23-14-3-2-4-24(9-14)17(26)12-7-18(20,21)10-22-8-12/h5-6,12,14,22-23H,2-4,7-10H2,1H3. The maximum Gasteiger partial charge on any atom is 0.293 e. The van der Waals surface area contributed by atoms with E-state index in [1.807, 2.05) is 0 Å². The smallest absolute Gasteiger partial charge is 0.293 e. The number of rotatable bonds is 4. The highest BCUT2D eigenvalue weighted by molar-refractivity contribution is 9.10. The van der Waals surface area contributed by atoms with Crippen LogP contribution in [0.4, 0.5) is 20.2 Å². The molecule has 2 aliphatic heterocycles. The molecular weight excluding hydrogens is 438 g/mol. The Morgan fingerprint density at radius 3 is 2.89 bits per heavy atom. The summed E-state index contributed by atoms with van der Waals surface area (Å²) in [4.78, 5) is 25.3. The van der Waals surface area contributed by atoms with E-state index in [2.05, 4.69) is 26.6 Å². The minimum absolute atomic E-state index is 0.0357. The van der Waals surface area contributed by atoms with E-state index < -0.39 is 29.7 Å². The fourth-order valence-corrected chi connectivity index (χ4v) is 4.48. The molecule has 3 rings (SSSR count). The van der Waals surface area contributed by atoms with Crippen LogP contribution in [-0.2, 0) is 4.79 Å². The molecule has 10 heteroatoms. The number of anilines is 1. The average molecular weight is 461 g/mol. The van der Waals surface area contributed by atoms with Gasteiger partial charge in [-0.05, 0) is 31.4 Å². The lowest BCUT2D eigenvalue weighted by atomic mass is 9.94. The molecule has 2 aliphatic rings. The van der Waals surface area contributed by atoms with Crippen LogP contribution in [0.15, 0.2) is 16.6 Å². The van der Waals surface area contributed by atoms with Crippen molar-refractivity contribution in [1.29, 1.82) is 0 Å². The fourth-order valence-electron chi connectivity index (χ4n) is 3.92. The molecule has 28 heavy (non-hydrogen) atoms. The summed E-state index contributed by atoms with van der Waals surface area (Å²) >= 11 is 3.27. The van der Waals surface area contributed by atoms with Gasteiger partial charge in [-0.2, -0.15) is 0 Å². The van der Waals surface area contributed by atoms with Gasteiger partial charge in [0.1, 0.15) is 5.69 Å². The summed E-state index contributed by atoms with van der Waals surface area (Å²) in [5.74, 6) is -3.90. The molecule has 2 saturated heterocycles. The number of piperidine rings is 2. The summed E-state index contributed by atoms with van der Waals surface area (Å²) in [5, 5.41) is 17.3. The number of aryl methyl sites for hydroxylation is 1. The van der Waals surface area contributed by atoms with Crippen LogP contribution in [0, 0.1) is 23.0 Å². The van der Waals surface area contributed by atoms with Crippen LogP contribution in [-0.4, -0.2) is 53.9 Å². The molecule has 2 unspecified atom stereocenters. The van der Waals surface area contributed by atoms with E-state index in [4.69, 9.17) is 0 Å². The molecule has 2 atom stereocenters. The van der Waals surface area contributed by atoms with Gasteiger partial charge in [-0.25, -0.2) is 8.78 Å². The van der Waals surface area contributed by atoms with Crippen LogP contribution in [0.3, 0.4) is 0 Å². The van der Waals surface area contributed by atoms with E-state index in [-0.39, 0.29) is 24.2 Å². The molecule has 1 amide bonds. The predicted octanol–water partition coefficient (Wildman–Crippen LogP) is 3.31. The number of carbonyl (C=O) groups excluding carboxylic acids is 1. The third-order valence-corrected chi connectivity index (χ3v) is 5.68. The molecule has 7 nitrogen and oxygen atoms in total. The van der Waals surface area contributed by atoms with Gasteiger partial charge in [0.25, 0.3) is 11.6 Å². The number of halogens is 3. The van der Waals surface area contributed by atoms with Crippen molar-refractivity contribution in [2.45, 2.75) is 38.2 Å². The van der Waals surface area contributed by atoms with Gasteiger partial charge in [-0.3, -0.25) is 14.9 Å². The van der Waals surface area contributed by atoms with Crippen LogP contribution in [0.25, 0.3) is 0 Å². The van der Waals surface area contributed by atoms with Crippen LogP contribution in [0.1, 0.15) is 24.8 Å². The first-order chi connectivity index (χ1) is 13.2. The molecule has 154 valence electrons. The van der Waals surface area contributed by atoms with E-state index in [0.717, 1.165) is 12.0 Å². The largest absolute Gasteiger partial charge is 0.375 e. The maximum atomic E-state index is 13.6. The first-order valence-electron chi connectivity index (χ1n) is 9.25. The van der Waals surface area contributed by atoms with Crippen LogP contribution in [0.5, 0.6) is 0 Å². The van der Waals surface area contributed by atoms with E-state index in [0.29, 0.717) is 29.7 Å². The number of nitro benzene ring substituents is 1. The molecule has 0 aliphatic carbocycles. The summed E-state index contributed by atoms with van der Waals surface area (Å²) in [6.07, 6.45) is 1.02. The fraction of sp³-hybridized carbons (Fsp3) is 0.611. The Morgan fingerprint density at radius 1 is 1.46 bits per heavy atom. The van der Waals surface area contributed by atoms with Gasteiger partial charge >= 0.3 is 0 Å². The number of amides is 1.